The number of oxazole rings is 1. The van der Waals surface area contributed by atoms with E-state index in [-0.39, 0.29) is 5.82 Å². The van der Waals surface area contributed by atoms with Gasteiger partial charge in [0.15, 0.2) is 5.58 Å². The van der Waals surface area contributed by atoms with Crippen LogP contribution in [0.3, 0.4) is 0 Å². The third-order valence-corrected chi connectivity index (χ3v) is 6.47. The van der Waals surface area contributed by atoms with Crippen molar-refractivity contribution in [2.24, 2.45) is 4.99 Å². The predicted octanol–water partition coefficient (Wildman–Crippen LogP) is 9.68. The molecule has 0 fully saturated rings. The fourth-order valence-corrected chi connectivity index (χ4v) is 4.29. The van der Waals surface area contributed by atoms with E-state index in [2.05, 4.69) is 16.9 Å². The molecule has 0 atom stereocenters. The molecule has 0 N–H and O–H groups in total. The standard InChI is InChI=1S/C32H37FN2O2/c1-2-3-4-5-6-7-8-9-10-11-22-36-29-20-21-30-31(23-29)37-32(35-30)26-14-18-28(19-15-26)34-24-25-12-16-27(33)17-13-25/h12-21,23-24H,2-11,22H2,1H3. The van der Waals surface area contributed by atoms with E-state index in [1.54, 1.807) is 18.3 Å². The summed E-state index contributed by atoms with van der Waals surface area (Å²) in [4.78, 5) is 9.07. The first-order valence-electron chi connectivity index (χ1n) is 13.6. The molecule has 0 amide bonds. The van der Waals surface area contributed by atoms with Crippen LogP contribution < -0.4 is 4.74 Å². The maximum Gasteiger partial charge on any atom is 0.227 e. The molecule has 1 aromatic heterocycles. The summed E-state index contributed by atoms with van der Waals surface area (Å²) in [6, 6.07) is 19.7. The Hall–Kier alpha value is -3.47. The molecule has 4 aromatic rings. The lowest BCUT2D eigenvalue weighted by molar-refractivity contribution is 0.304. The molecule has 0 aliphatic heterocycles. The van der Waals surface area contributed by atoms with E-state index >= 15 is 0 Å². The number of aromatic nitrogens is 1. The Bertz CT molecular complexity index is 1250. The number of nitrogens with zero attached hydrogens (tertiary/aromatic N) is 2. The highest BCUT2D eigenvalue weighted by Gasteiger charge is 2.09. The van der Waals surface area contributed by atoms with Gasteiger partial charge in [0.1, 0.15) is 17.1 Å². The van der Waals surface area contributed by atoms with Crippen molar-refractivity contribution in [3.05, 3.63) is 78.1 Å². The van der Waals surface area contributed by atoms with E-state index in [0.29, 0.717) is 11.5 Å². The van der Waals surface area contributed by atoms with E-state index in [1.807, 2.05) is 42.5 Å². The molecule has 0 spiro atoms. The van der Waals surface area contributed by atoms with Crippen LogP contribution >= 0.6 is 0 Å². The minimum Gasteiger partial charge on any atom is -0.493 e. The van der Waals surface area contributed by atoms with Gasteiger partial charge in [-0.2, -0.15) is 0 Å². The minimum atomic E-state index is -0.257. The zero-order chi connectivity index (χ0) is 25.7. The Morgan fingerprint density at radius 2 is 1.49 bits per heavy atom. The lowest BCUT2D eigenvalue weighted by Gasteiger charge is -2.06. The monoisotopic (exact) mass is 500 g/mol. The van der Waals surface area contributed by atoms with Crippen molar-refractivity contribution in [1.29, 1.82) is 0 Å². The molecule has 0 unspecified atom stereocenters. The lowest BCUT2D eigenvalue weighted by Crippen LogP contribution is -1.97. The molecule has 0 saturated carbocycles. The molecule has 1 heterocycles. The van der Waals surface area contributed by atoms with E-state index in [1.165, 1.54) is 69.9 Å². The molecule has 4 rings (SSSR count). The fourth-order valence-electron chi connectivity index (χ4n) is 4.29. The van der Waals surface area contributed by atoms with Crippen LogP contribution in [-0.2, 0) is 0 Å². The summed E-state index contributed by atoms with van der Waals surface area (Å²) in [5.74, 6) is 1.13. The number of hydrogen-bond donors (Lipinski definition) is 0. The normalized spacial score (nSPS) is 11.5. The quantitative estimate of drug-likeness (QED) is 0.121. The SMILES string of the molecule is CCCCCCCCCCCCOc1ccc2nc(-c3ccc(N=Cc4ccc(F)cc4)cc3)oc2c1. The fraction of sp³-hybridized carbons (Fsp3) is 0.375. The van der Waals surface area contributed by atoms with Crippen LogP contribution in [0.25, 0.3) is 22.6 Å². The molecular formula is C32H37FN2O2. The van der Waals surface area contributed by atoms with Crippen molar-refractivity contribution >= 4 is 23.0 Å². The van der Waals surface area contributed by atoms with Crippen LogP contribution in [0, 0.1) is 5.82 Å². The molecule has 0 bridgehead atoms. The Morgan fingerprint density at radius 1 is 0.811 bits per heavy atom. The zero-order valence-corrected chi connectivity index (χ0v) is 21.8. The van der Waals surface area contributed by atoms with Gasteiger partial charge in [-0.3, -0.25) is 4.99 Å². The van der Waals surface area contributed by atoms with Crippen molar-refractivity contribution in [3.63, 3.8) is 0 Å². The molecule has 0 aliphatic carbocycles. The first kappa shape index (κ1) is 26.6. The third kappa shape index (κ3) is 8.56. The van der Waals surface area contributed by atoms with Crippen LogP contribution in [0.1, 0.15) is 76.7 Å². The maximum absolute atomic E-state index is 13.0. The number of benzene rings is 3. The topological polar surface area (TPSA) is 47.6 Å². The van der Waals surface area contributed by atoms with E-state index in [9.17, 15) is 4.39 Å². The van der Waals surface area contributed by atoms with Crippen molar-refractivity contribution in [3.8, 4) is 17.2 Å². The second kappa shape index (κ2) is 14.3. The molecule has 194 valence electrons. The van der Waals surface area contributed by atoms with Crippen molar-refractivity contribution in [2.45, 2.75) is 71.1 Å². The molecule has 4 nitrogen and oxygen atoms in total. The predicted molar refractivity (Wildman–Crippen MR) is 150 cm³/mol. The minimum absolute atomic E-state index is 0.257. The molecule has 0 aliphatic rings. The van der Waals surface area contributed by atoms with Gasteiger partial charge in [-0.1, -0.05) is 76.8 Å². The van der Waals surface area contributed by atoms with Crippen LogP contribution in [0.2, 0.25) is 0 Å². The van der Waals surface area contributed by atoms with Gasteiger partial charge in [-0.05, 0) is 60.5 Å². The van der Waals surface area contributed by atoms with Crippen LogP contribution in [0.5, 0.6) is 5.75 Å². The summed E-state index contributed by atoms with van der Waals surface area (Å²) < 4.78 is 25.0. The highest BCUT2D eigenvalue weighted by atomic mass is 19.1. The number of fused-ring (bicyclic) bond motifs is 1. The summed E-state index contributed by atoms with van der Waals surface area (Å²) >= 11 is 0. The highest BCUT2D eigenvalue weighted by molar-refractivity contribution is 5.82. The van der Waals surface area contributed by atoms with E-state index < -0.39 is 0 Å². The first-order chi connectivity index (χ1) is 18.2. The van der Waals surface area contributed by atoms with Crippen LogP contribution in [-0.4, -0.2) is 17.8 Å². The number of aliphatic imine (C=N–C) groups is 1. The summed E-state index contributed by atoms with van der Waals surface area (Å²) in [6.07, 6.45) is 14.8. The highest BCUT2D eigenvalue weighted by Crippen LogP contribution is 2.28. The molecule has 37 heavy (non-hydrogen) atoms. The largest absolute Gasteiger partial charge is 0.493 e. The number of unbranched alkanes of at least 4 members (excludes halogenated alkanes) is 9. The smallest absolute Gasteiger partial charge is 0.227 e. The number of ether oxygens (including phenoxy) is 1. The van der Waals surface area contributed by atoms with Gasteiger partial charge in [0, 0.05) is 17.8 Å². The van der Waals surface area contributed by atoms with Gasteiger partial charge in [0.2, 0.25) is 5.89 Å². The Labute approximate surface area is 219 Å². The third-order valence-electron chi connectivity index (χ3n) is 6.47. The second-order valence-electron chi connectivity index (χ2n) is 9.54. The van der Waals surface area contributed by atoms with Crippen molar-refractivity contribution in [1.82, 2.24) is 4.98 Å². The van der Waals surface area contributed by atoms with Crippen LogP contribution in [0.15, 0.2) is 76.1 Å². The van der Waals surface area contributed by atoms with Crippen molar-refractivity contribution < 1.29 is 13.5 Å². The summed E-state index contributed by atoms with van der Waals surface area (Å²) in [7, 11) is 0. The van der Waals surface area contributed by atoms with Crippen molar-refractivity contribution in [2.75, 3.05) is 6.61 Å². The Morgan fingerprint density at radius 3 is 2.19 bits per heavy atom. The summed E-state index contributed by atoms with van der Waals surface area (Å²) in [5, 5.41) is 0. The van der Waals surface area contributed by atoms with Gasteiger partial charge in [-0.15, -0.1) is 0 Å². The number of hydrogen-bond acceptors (Lipinski definition) is 4. The molecular weight excluding hydrogens is 463 g/mol. The average Bonchev–Trinajstić information content (AvgIpc) is 3.35. The molecule has 3 aromatic carbocycles. The summed E-state index contributed by atoms with van der Waals surface area (Å²) in [6.45, 7) is 2.99. The van der Waals surface area contributed by atoms with E-state index in [0.717, 1.165) is 41.1 Å². The first-order valence-corrected chi connectivity index (χ1v) is 13.6. The van der Waals surface area contributed by atoms with Gasteiger partial charge < -0.3 is 9.15 Å². The summed E-state index contributed by atoms with van der Waals surface area (Å²) in [5.41, 5.74) is 4.04. The number of rotatable bonds is 15. The maximum atomic E-state index is 13.0. The Kier molecular flexibility index (Phi) is 10.3. The van der Waals surface area contributed by atoms with Gasteiger partial charge >= 0.3 is 0 Å². The second-order valence-corrected chi connectivity index (χ2v) is 9.54. The zero-order valence-electron chi connectivity index (χ0n) is 21.8. The van der Waals surface area contributed by atoms with Gasteiger partial charge in [-0.25, -0.2) is 9.37 Å². The molecule has 5 heteroatoms. The molecule has 0 saturated heterocycles. The van der Waals surface area contributed by atoms with Crippen LogP contribution in [0.4, 0.5) is 10.1 Å². The lowest BCUT2D eigenvalue weighted by atomic mass is 10.1. The van der Waals surface area contributed by atoms with Gasteiger partial charge in [0.25, 0.3) is 0 Å². The average molecular weight is 501 g/mol. The van der Waals surface area contributed by atoms with E-state index in [4.69, 9.17) is 9.15 Å². The molecule has 0 radical (unpaired) electrons. The van der Waals surface area contributed by atoms with Gasteiger partial charge in [0.05, 0.1) is 12.3 Å². The number of halogens is 1. The Balaban J connectivity index is 1.22.